The van der Waals surface area contributed by atoms with E-state index < -0.39 is 5.97 Å². The molecular weight excluding hydrogens is 274 g/mol. The number of nitrogens with zero attached hydrogens (tertiary/aromatic N) is 2. The van der Waals surface area contributed by atoms with Crippen molar-refractivity contribution < 1.29 is 14.6 Å². The number of aryl methyl sites for hydroxylation is 1. The lowest BCUT2D eigenvalue weighted by atomic mass is 10.1. The predicted octanol–water partition coefficient (Wildman–Crippen LogP) is 0.489. The molecule has 1 fully saturated rings. The van der Waals surface area contributed by atoms with Gasteiger partial charge in [-0.2, -0.15) is 0 Å². The Kier molecular flexibility index (Phi) is 5.08. The fourth-order valence-electron chi connectivity index (χ4n) is 2.47. The molecule has 1 unspecified atom stereocenters. The van der Waals surface area contributed by atoms with E-state index in [1.165, 1.54) is 0 Å². The molecule has 1 aromatic rings. The quantitative estimate of drug-likeness (QED) is 0.821. The zero-order valence-corrected chi connectivity index (χ0v) is 12.4. The fourth-order valence-corrected chi connectivity index (χ4v) is 2.47. The van der Waals surface area contributed by atoms with Crippen molar-refractivity contribution in [1.82, 2.24) is 14.9 Å². The van der Waals surface area contributed by atoms with Crippen LogP contribution in [0.1, 0.15) is 36.5 Å². The van der Waals surface area contributed by atoms with Gasteiger partial charge in [0, 0.05) is 30.8 Å². The van der Waals surface area contributed by atoms with Crippen LogP contribution in [0.25, 0.3) is 0 Å². The molecule has 1 aromatic heterocycles. The van der Waals surface area contributed by atoms with E-state index >= 15 is 0 Å². The van der Waals surface area contributed by atoms with E-state index in [0.717, 1.165) is 13.1 Å². The van der Waals surface area contributed by atoms with Crippen LogP contribution in [0.3, 0.4) is 0 Å². The number of rotatable bonds is 5. The van der Waals surface area contributed by atoms with Gasteiger partial charge >= 0.3 is 5.97 Å². The summed E-state index contributed by atoms with van der Waals surface area (Å²) < 4.78 is 5.68. The molecule has 0 bridgehead atoms. The Bertz CT molecular complexity index is 570. The Hall–Kier alpha value is -1.73. The molecular formula is C14H21N3O4. The Labute approximate surface area is 123 Å². The zero-order chi connectivity index (χ0) is 15.4. The average Bonchev–Trinajstić information content (AvgIpc) is 2.46. The summed E-state index contributed by atoms with van der Waals surface area (Å²) in [6.07, 6.45) is -0.121. The second-order valence-electron chi connectivity index (χ2n) is 5.16. The SMILES string of the molecule is CCN1CCOC(c2nc(C)c(CCC(=O)O)c(=O)[nH]2)C1. The highest BCUT2D eigenvalue weighted by atomic mass is 16.5. The molecule has 7 heteroatoms. The van der Waals surface area contributed by atoms with Crippen molar-refractivity contribution in [3.8, 4) is 0 Å². The third kappa shape index (κ3) is 3.89. The molecule has 1 aliphatic heterocycles. The highest BCUT2D eigenvalue weighted by molar-refractivity contribution is 5.67. The Morgan fingerprint density at radius 3 is 2.95 bits per heavy atom. The first-order chi connectivity index (χ1) is 10.0. The summed E-state index contributed by atoms with van der Waals surface area (Å²) in [7, 11) is 0. The van der Waals surface area contributed by atoms with E-state index in [9.17, 15) is 9.59 Å². The van der Waals surface area contributed by atoms with Gasteiger partial charge in [0.1, 0.15) is 11.9 Å². The molecule has 0 aliphatic carbocycles. The van der Waals surface area contributed by atoms with E-state index in [1.807, 2.05) is 0 Å². The minimum absolute atomic E-state index is 0.0749. The minimum Gasteiger partial charge on any atom is -0.481 e. The number of aromatic amines is 1. The number of carboxylic acids is 1. The van der Waals surface area contributed by atoms with Crippen LogP contribution in [-0.4, -0.2) is 52.2 Å². The van der Waals surface area contributed by atoms with E-state index in [1.54, 1.807) is 6.92 Å². The molecule has 0 saturated carbocycles. The van der Waals surface area contributed by atoms with Gasteiger partial charge in [-0.1, -0.05) is 6.92 Å². The maximum Gasteiger partial charge on any atom is 0.303 e. The molecule has 21 heavy (non-hydrogen) atoms. The first-order valence-electron chi connectivity index (χ1n) is 7.16. The van der Waals surface area contributed by atoms with Crippen molar-refractivity contribution >= 4 is 5.97 Å². The van der Waals surface area contributed by atoms with Gasteiger partial charge in [-0.25, -0.2) is 4.98 Å². The van der Waals surface area contributed by atoms with Gasteiger partial charge in [0.05, 0.1) is 6.61 Å². The summed E-state index contributed by atoms with van der Waals surface area (Å²) in [5.41, 5.74) is 0.743. The summed E-state index contributed by atoms with van der Waals surface area (Å²) in [5.74, 6) is -0.401. The van der Waals surface area contributed by atoms with Gasteiger partial charge in [0.25, 0.3) is 5.56 Å². The zero-order valence-electron chi connectivity index (χ0n) is 12.4. The van der Waals surface area contributed by atoms with Crippen LogP contribution in [-0.2, 0) is 16.0 Å². The smallest absolute Gasteiger partial charge is 0.303 e. The number of aliphatic carboxylic acids is 1. The number of hydrogen-bond donors (Lipinski definition) is 2. The number of H-pyrrole nitrogens is 1. The maximum atomic E-state index is 12.1. The molecule has 7 nitrogen and oxygen atoms in total. The Morgan fingerprint density at radius 2 is 2.33 bits per heavy atom. The number of hydrogen-bond acceptors (Lipinski definition) is 5. The van der Waals surface area contributed by atoms with Crippen LogP contribution in [0.15, 0.2) is 4.79 Å². The van der Waals surface area contributed by atoms with Gasteiger partial charge in [-0.15, -0.1) is 0 Å². The molecule has 2 N–H and O–H groups in total. The van der Waals surface area contributed by atoms with Gasteiger partial charge in [0.15, 0.2) is 0 Å². The maximum absolute atomic E-state index is 12.1. The lowest BCUT2D eigenvalue weighted by molar-refractivity contribution is -0.136. The first kappa shape index (κ1) is 15.7. The van der Waals surface area contributed by atoms with E-state index in [2.05, 4.69) is 21.8 Å². The van der Waals surface area contributed by atoms with E-state index in [4.69, 9.17) is 9.84 Å². The highest BCUT2D eigenvalue weighted by Crippen LogP contribution is 2.18. The summed E-state index contributed by atoms with van der Waals surface area (Å²) in [4.78, 5) is 32.1. The molecule has 0 spiro atoms. The molecule has 0 amide bonds. The van der Waals surface area contributed by atoms with Crippen LogP contribution in [0, 0.1) is 6.92 Å². The molecule has 0 aromatic carbocycles. The lowest BCUT2D eigenvalue weighted by Crippen LogP contribution is -2.39. The summed E-state index contributed by atoms with van der Waals surface area (Å²) in [6.45, 7) is 6.94. The number of nitrogens with one attached hydrogen (secondary N) is 1. The lowest BCUT2D eigenvalue weighted by Gasteiger charge is -2.31. The third-order valence-corrected chi connectivity index (χ3v) is 3.73. The molecule has 1 atom stereocenters. The molecule has 1 saturated heterocycles. The summed E-state index contributed by atoms with van der Waals surface area (Å²) >= 11 is 0. The highest BCUT2D eigenvalue weighted by Gasteiger charge is 2.24. The van der Waals surface area contributed by atoms with Gasteiger partial charge in [0.2, 0.25) is 0 Å². The number of carbonyl (C=O) groups is 1. The average molecular weight is 295 g/mol. The van der Waals surface area contributed by atoms with E-state index in [-0.39, 0.29) is 24.5 Å². The van der Waals surface area contributed by atoms with Crippen molar-refractivity contribution in [2.45, 2.75) is 32.8 Å². The normalized spacial score (nSPS) is 19.6. The van der Waals surface area contributed by atoms with Crippen LogP contribution < -0.4 is 5.56 Å². The van der Waals surface area contributed by atoms with Crippen LogP contribution >= 0.6 is 0 Å². The molecule has 2 heterocycles. The van der Waals surface area contributed by atoms with Crippen molar-refractivity contribution in [3.63, 3.8) is 0 Å². The Morgan fingerprint density at radius 1 is 1.57 bits per heavy atom. The number of ether oxygens (including phenoxy) is 1. The van der Waals surface area contributed by atoms with Crippen molar-refractivity contribution in [2.75, 3.05) is 26.2 Å². The van der Waals surface area contributed by atoms with Crippen molar-refractivity contribution in [3.05, 3.63) is 27.4 Å². The number of morpholine rings is 1. The van der Waals surface area contributed by atoms with Crippen LogP contribution in [0.5, 0.6) is 0 Å². The van der Waals surface area contributed by atoms with Crippen LogP contribution in [0.2, 0.25) is 0 Å². The van der Waals surface area contributed by atoms with Crippen LogP contribution in [0.4, 0.5) is 0 Å². The topological polar surface area (TPSA) is 95.5 Å². The number of aromatic nitrogens is 2. The van der Waals surface area contributed by atoms with Gasteiger partial charge in [-0.05, 0) is 19.9 Å². The van der Waals surface area contributed by atoms with Crippen molar-refractivity contribution in [2.24, 2.45) is 0 Å². The van der Waals surface area contributed by atoms with Gasteiger partial charge in [-0.3, -0.25) is 14.5 Å². The molecule has 116 valence electrons. The summed E-state index contributed by atoms with van der Waals surface area (Å²) in [6, 6.07) is 0. The third-order valence-electron chi connectivity index (χ3n) is 3.73. The number of carboxylic acid groups (broad SMARTS) is 1. The molecule has 2 rings (SSSR count). The van der Waals surface area contributed by atoms with E-state index in [0.29, 0.717) is 30.2 Å². The predicted molar refractivity (Wildman–Crippen MR) is 76.4 cm³/mol. The van der Waals surface area contributed by atoms with Gasteiger partial charge < -0.3 is 14.8 Å². The fraction of sp³-hybridized carbons (Fsp3) is 0.643. The first-order valence-corrected chi connectivity index (χ1v) is 7.16. The van der Waals surface area contributed by atoms with Crippen molar-refractivity contribution in [1.29, 1.82) is 0 Å². The monoisotopic (exact) mass is 295 g/mol. The molecule has 1 aliphatic rings. The second kappa shape index (κ2) is 6.82. The standard InChI is InChI=1S/C14H21N3O4/c1-3-17-6-7-21-11(8-17)13-15-9(2)10(14(20)16-13)4-5-12(18)19/h11H,3-8H2,1-2H3,(H,18,19)(H,15,16,20). The minimum atomic E-state index is -0.924. The summed E-state index contributed by atoms with van der Waals surface area (Å²) in [5, 5.41) is 8.71. The Balaban J connectivity index is 2.19. The number of likely N-dealkylation sites (N-methyl/N-ethyl adjacent to an activating group) is 1. The second-order valence-corrected chi connectivity index (χ2v) is 5.16. The molecule has 0 radical (unpaired) electrons. The largest absolute Gasteiger partial charge is 0.481 e.